The number of ether oxygens (including phenoxy) is 1. The van der Waals surface area contributed by atoms with Crippen molar-refractivity contribution in [3.63, 3.8) is 0 Å². The maximum Gasteiger partial charge on any atom is 0.338 e. The van der Waals surface area contributed by atoms with Crippen molar-refractivity contribution in [2.24, 2.45) is 0 Å². The SMILES string of the molecule is CCNS(=O)(=O)c1ccc(C(=O)OCC(=O)NCc2ccc(C)cc2)cc1. The summed E-state index contributed by atoms with van der Waals surface area (Å²) in [5.74, 6) is -1.12. The molecule has 144 valence electrons. The van der Waals surface area contributed by atoms with E-state index in [1.54, 1.807) is 6.92 Å². The van der Waals surface area contributed by atoms with Crippen LogP contribution in [0.2, 0.25) is 0 Å². The van der Waals surface area contributed by atoms with E-state index in [4.69, 9.17) is 4.74 Å². The van der Waals surface area contributed by atoms with Gasteiger partial charge in [-0.05, 0) is 36.8 Å². The summed E-state index contributed by atoms with van der Waals surface area (Å²) in [6, 6.07) is 13.0. The first-order chi connectivity index (χ1) is 12.8. The molecule has 0 aliphatic heterocycles. The number of hydrogen-bond donors (Lipinski definition) is 2. The normalized spacial score (nSPS) is 11.0. The minimum absolute atomic E-state index is 0.0525. The van der Waals surface area contributed by atoms with Gasteiger partial charge in [-0.3, -0.25) is 4.79 Å². The van der Waals surface area contributed by atoms with E-state index < -0.39 is 28.5 Å². The maximum absolute atomic E-state index is 12.0. The van der Waals surface area contributed by atoms with Crippen LogP contribution in [0.15, 0.2) is 53.4 Å². The number of amides is 1. The van der Waals surface area contributed by atoms with Gasteiger partial charge in [0, 0.05) is 13.1 Å². The lowest BCUT2D eigenvalue weighted by molar-refractivity contribution is -0.124. The highest BCUT2D eigenvalue weighted by Crippen LogP contribution is 2.11. The van der Waals surface area contributed by atoms with Crippen LogP contribution < -0.4 is 10.0 Å². The third-order valence-corrected chi connectivity index (χ3v) is 5.24. The molecule has 0 fully saturated rings. The fourth-order valence-electron chi connectivity index (χ4n) is 2.22. The van der Waals surface area contributed by atoms with Crippen LogP contribution in [0.1, 0.15) is 28.4 Å². The van der Waals surface area contributed by atoms with E-state index in [1.807, 2.05) is 31.2 Å². The molecule has 0 saturated carbocycles. The summed E-state index contributed by atoms with van der Waals surface area (Å²) in [6.07, 6.45) is 0. The first-order valence-corrected chi connectivity index (χ1v) is 9.89. The van der Waals surface area contributed by atoms with E-state index in [0.717, 1.165) is 11.1 Å². The van der Waals surface area contributed by atoms with Crippen LogP contribution in [0.4, 0.5) is 0 Å². The van der Waals surface area contributed by atoms with Crippen LogP contribution in [-0.2, 0) is 26.1 Å². The van der Waals surface area contributed by atoms with Gasteiger partial charge in [-0.2, -0.15) is 0 Å². The molecule has 0 heterocycles. The highest BCUT2D eigenvalue weighted by atomic mass is 32.2. The lowest BCUT2D eigenvalue weighted by atomic mass is 10.1. The van der Waals surface area contributed by atoms with Gasteiger partial charge in [-0.25, -0.2) is 17.9 Å². The van der Waals surface area contributed by atoms with Crippen molar-refractivity contribution in [3.05, 3.63) is 65.2 Å². The van der Waals surface area contributed by atoms with E-state index in [0.29, 0.717) is 6.54 Å². The molecule has 2 aromatic carbocycles. The van der Waals surface area contributed by atoms with Crippen LogP contribution >= 0.6 is 0 Å². The average molecular weight is 390 g/mol. The largest absolute Gasteiger partial charge is 0.452 e. The molecule has 0 aromatic heterocycles. The summed E-state index contributed by atoms with van der Waals surface area (Å²) in [6.45, 7) is 3.84. The van der Waals surface area contributed by atoms with E-state index >= 15 is 0 Å². The summed E-state index contributed by atoms with van der Waals surface area (Å²) in [5, 5.41) is 2.66. The van der Waals surface area contributed by atoms with Gasteiger partial charge in [0.05, 0.1) is 10.5 Å². The third kappa shape index (κ3) is 6.19. The predicted molar refractivity (Wildman–Crippen MR) is 101 cm³/mol. The minimum atomic E-state index is -3.58. The molecular weight excluding hydrogens is 368 g/mol. The molecule has 0 atom stereocenters. The number of esters is 1. The quantitative estimate of drug-likeness (QED) is 0.669. The Kier molecular flexibility index (Phi) is 7.09. The van der Waals surface area contributed by atoms with Crippen molar-refractivity contribution in [3.8, 4) is 0 Å². The Morgan fingerprint density at radius 1 is 1.00 bits per heavy atom. The number of hydrogen-bond acceptors (Lipinski definition) is 5. The van der Waals surface area contributed by atoms with Crippen molar-refractivity contribution < 1.29 is 22.7 Å². The molecule has 2 rings (SSSR count). The van der Waals surface area contributed by atoms with Gasteiger partial charge in [0.15, 0.2) is 6.61 Å². The van der Waals surface area contributed by atoms with Gasteiger partial charge >= 0.3 is 5.97 Å². The predicted octanol–water partition coefficient (Wildman–Crippen LogP) is 1.77. The van der Waals surface area contributed by atoms with Crippen LogP contribution in [0.25, 0.3) is 0 Å². The maximum atomic E-state index is 12.0. The van der Waals surface area contributed by atoms with Gasteiger partial charge in [0.25, 0.3) is 5.91 Å². The molecule has 8 heteroatoms. The molecule has 2 N–H and O–H groups in total. The molecule has 0 bridgehead atoms. The van der Waals surface area contributed by atoms with E-state index in [1.165, 1.54) is 24.3 Å². The molecule has 0 aliphatic rings. The van der Waals surface area contributed by atoms with Gasteiger partial charge in [0.2, 0.25) is 10.0 Å². The highest BCUT2D eigenvalue weighted by molar-refractivity contribution is 7.89. The number of rotatable bonds is 8. The second-order valence-corrected chi connectivity index (χ2v) is 7.63. The Bertz CT molecular complexity index is 891. The van der Waals surface area contributed by atoms with Gasteiger partial charge in [-0.1, -0.05) is 36.8 Å². The monoisotopic (exact) mass is 390 g/mol. The van der Waals surface area contributed by atoms with Crippen molar-refractivity contribution in [1.82, 2.24) is 10.0 Å². The molecule has 0 unspecified atom stereocenters. The summed E-state index contributed by atoms with van der Waals surface area (Å²) in [4.78, 5) is 23.8. The van der Waals surface area contributed by atoms with Crippen LogP contribution in [0.5, 0.6) is 0 Å². The molecule has 1 amide bonds. The highest BCUT2D eigenvalue weighted by Gasteiger charge is 2.15. The van der Waals surface area contributed by atoms with Crippen LogP contribution in [-0.4, -0.2) is 33.4 Å². The van der Waals surface area contributed by atoms with E-state index in [9.17, 15) is 18.0 Å². The Hall–Kier alpha value is -2.71. The Morgan fingerprint density at radius 3 is 2.22 bits per heavy atom. The van der Waals surface area contributed by atoms with E-state index in [2.05, 4.69) is 10.0 Å². The number of carbonyl (C=O) groups excluding carboxylic acids is 2. The Balaban J connectivity index is 1.84. The van der Waals surface area contributed by atoms with Crippen LogP contribution in [0.3, 0.4) is 0 Å². The fraction of sp³-hybridized carbons (Fsp3) is 0.263. The Labute approximate surface area is 158 Å². The van der Waals surface area contributed by atoms with Crippen molar-refractivity contribution >= 4 is 21.9 Å². The number of sulfonamides is 1. The second-order valence-electron chi connectivity index (χ2n) is 5.86. The zero-order valence-electron chi connectivity index (χ0n) is 15.2. The molecule has 0 spiro atoms. The summed E-state index contributed by atoms with van der Waals surface area (Å²) < 4.78 is 31.0. The molecule has 0 radical (unpaired) electrons. The zero-order chi connectivity index (χ0) is 19.9. The number of nitrogens with one attached hydrogen (secondary N) is 2. The number of aryl methyl sites for hydroxylation is 1. The van der Waals surface area contributed by atoms with Crippen LogP contribution in [0, 0.1) is 6.92 Å². The van der Waals surface area contributed by atoms with Gasteiger partial charge in [-0.15, -0.1) is 0 Å². The molecule has 2 aromatic rings. The Morgan fingerprint density at radius 2 is 1.63 bits per heavy atom. The lowest BCUT2D eigenvalue weighted by Gasteiger charge is -2.08. The van der Waals surface area contributed by atoms with E-state index in [-0.39, 0.29) is 17.0 Å². The van der Waals surface area contributed by atoms with Crippen molar-refractivity contribution in [2.45, 2.75) is 25.3 Å². The molecule has 0 saturated heterocycles. The fourth-order valence-corrected chi connectivity index (χ4v) is 3.26. The van der Waals surface area contributed by atoms with Crippen molar-refractivity contribution in [1.29, 1.82) is 0 Å². The smallest absolute Gasteiger partial charge is 0.338 e. The summed E-state index contributed by atoms with van der Waals surface area (Å²) >= 11 is 0. The number of benzene rings is 2. The van der Waals surface area contributed by atoms with Gasteiger partial charge in [0.1, 0.15) is 0 Å². The van der Waals surface area contributed by atoms with Crippen molar-refractivity contribution in [2.75, 3.05) is 13.2 Å². The first kappa shape index (κ1) is 20.6. The molecule has 7 nitrogen and oxygen atoms in total. The number of carbonyl (C=O) groups is 2. The zero-order valence-corrected chi connectivity index (χ0v) is 16.0. The standard InChI is InChI=1S/C19H22N2O5S/c1-3-21-27(24,25)17-10-8-16(9-11-17)19(23)26-13-18(22)20-12-15-6-4-14(2)5-7-15/h4-11,21H,3,12-13H2,1-2H3,(H,20,22). The van der Waals surface area contributed by atoms with Gasteiger partial charge < -0.3 is 10.1 Å². The molecule has 27 heavy (non-hydrogen) atoms. The molecular formula is C19H22N2O5S. The topological polar surface area (TPSA) is 102 Å². The molecule has 0 aliphatic carbocycles. The summed E-state index contributed by atoms with van der Waals surface area (Å²) in [5.41, 5.74) is 2.23. The summed E-state index contributed by atoms with van der Waals surface area (Å²) in [7, 11) is -3.58. The average Bonchev–Trinajstić information content (AvgIpc) is 2.65. The minimum Gasteiger partial charge on any atom is -0.452 e. The third-order valence-electron chi connectivity index (χ3n) is 3.68. The first-order valence-electron chi connectivity index (χ1n) is 8.41. The second kappa shape index (κ2) is 9.29. The lowest BCUT2D eigenvalue weighted by Crippen LogP contribution is -2.28.